The Bertz CT molecular complexity index is 881. The third-order valence-electron chi connectivity index (χ3n) is 6.51. The van der Waals surface area contributed by atoms with Gasteiger partial charge in [-0.25, -0.2) is 0 Å². The first kappa shape index (κ1) is 19.3. The lowest BCUT2D eigenvalue weighted by molar-refractivity contribution is 0.0735. The summed E-state index contributed by atoms with van der Waals surface area (Å²) in [5.41, 5.74) is 1.55. The number of nitrogens with zero attached hydrogens (tertiary/aromatic N) is 7. The number of piperazine rings is 2. The smallest absolute Gasteiger partial charge is 0.276 e. The molecule has 5 rings (SSSR count). The Balaban J connectivity index is 1.19. The molecule has 0 aromatic carbocycles. The van der Waals surface area contributed by atoms with E-state index in [1.807, 2.05) is 11.0 Å². The highest BCUT2D eigenvalue weighted by molar-refractivity contribution is 5.94. The first-order valence-corrected chi connectivity index (χ1v) is 11.0. The van der Waals surface area contributed by atoms with Crippen molar-refractivity contribution >= 4 is 17.5 Å². The Morgan fingerprint density at radius 2 is 1.47 bits per heavy atom. The van der Waals surface area contributed by atoms with Crippen molar-refractivity contribution < 1.29 is 9.32 Å². The predicted octanol–water partition coefficient (Wildman–Crippen LogP) is 1.06. The van der Waals surface area contributed by atoms with Gasteiger partial charge in [0.25, 0.3) is 5.91 Å². The topological polar surface area (TPSA) is 81.8 Å². The van der Waals surface area contributed by atoms with Gasteiger partial charge in [-0.05, 0) is 38.4 Å². The van der Waals surface area contributed by atoms with E-state index >= 15 is 0 Å². The molecule has 160 valence electrons. The molecule has 0 atom stereocenters. The number of hydrogen-bond donors (Lipinski definition) is 0. The largest absolute Gasteiger partial charge is 0.360 e. The van der Waals surface area contributed by atoms with E-state index in [0.717, 1.165) is 87.9 Å². The van der Waals surface area contributed by atoms with Crippen molar-refractivity contribution in [2.45, 2.75) is 25.7 Å². The van der Waals surface area contributed by atoms with Gasteiger partial charge < -0.3 is 24.1 Å². The van der Waals surface area contributed by atoms with Crippen molar-refractivity contribution in [3.63, 3.8) is 0 Å². The minimum absolute atomic E-state index is 0.00181. The number of hydrogen-bond acceptors (Lipinski definition) is 8. The van der Waals surface area contributed by atoms with E-state index in [2.05, 4.69) is 43.2 Å². The van der Waals surface area contributed by atoms with E-state index in [1.165, 1.54) is 0 Å². The van der Waals surface area contributed by atoms with Crippen LogP contribution < -0.4 is 9.80 Å². The molecular formula is C21H29N7O2. The molecule has 2 aromatic heterocycles. The van der Waals surface area contributed by atoms with Crippen molar-refractivity contribution in [3.8, 4) is 0 Å². The number of carbonyl (C=O) groups excluding carboxylic acids is 1. The molecule has 2 aromatic rings. The van der Waals surface area contributed by atoms with Gasteiger partial charge in [0.05, 0.1) is 0 Å². The summed E-state index contributed by atoms with van der Waals surface area (Å²) >= 11 is 0. The maximum atomic E-state index is 13.0. The van der Waals surface area contributed by atoms with Crippen LogP contribution in [0.1, 0.15) is 34.7 Å². The average Bonchev–Trinajstić information content (AvgIpc) is 3.24. The zero-order valence-electron chi connectivity index (χ0n) is 17.6. The second kappa shape index (κ2) is 8.22. The van der Waals surface area contributed by atoms with E-state index < -0.39 is 0 Å². The van der Waals surface area contributed by atoms with E-state index in [4.69, 9.17) is 4.52 Å². The highest BCUT2D eigenvalue weighted by atomic mass is 16.5. The van der Waals surface area contributed by atoms with Crippen molar-refractivity contribution in [2.75, 3.05) is 69.2 Å². The fraction of sp³-hybridized carbons (Fsp3) is 0.619. The highest BCUT2D eigenvalue weighted by Gasteiger charge is 2.30. The molecule has 9 heteroatoms. The van der Waals surface area contributed by atoms with Gasteiger partial charge in [0.1, 0.15) is 5.76 Å². The molecule has 30 heavy (non-hydrogen) atoms. The summed E-state index contributed by atoms with van der Waals surface area (Å²) in [5, 5.41) is 13.0. The summed E-state index contributed by atoms with van der Waals surface area (Å²) in [6.07, 6.45) is 4.01. The summed E-state index contributed by atoms with van der Waals surface area (Å²) in [6.45, 7) is 6.86. The summed E-state index contributed by atoms with van der Waals surface area (Å²) in [4.78, 5) is 21.7. The zero-order chi connectivity index (χ0) is 20.5. The van der Waals surface area contributed by atoms with Crippen molar-refractivity contribution in [3.05, 3.63) is 29.2 Å². The van der Waals surface area contributed by atoms with Crippen molar-refractivity contribution in [2.24, 2.45) is 0 Å². The molecule has 0 radical (unpaired) electrons. The number of amides is 1. The third kappa shape index (κ3) is 3.74. The first-order chi connectivity index (χ1) is 14.7. The van der Waals surface area contributed by atoms with E-state index in [1.54, 1.807) is 0 Å². The lowest BCUT2D eigenvalue weighted by atomic mass is 9.96. The highest BCUT2D eigenvalue weighted by Crippen LogP contribution is 2.26. The van der Waals surface area contributed by atoms with Gasteiger partial charge in [-0.15, -0.1) is 10.2 Å². The maximum Gasteiger partial charge on any atom is 0.276 e. The van der Waals surface area contributed by atoms with Crippen LogP contribution in [0.4, 0.5) is 11.6 Å². The molecule has 0 bridgehead atoms. The maximum absolute atomic E-state index is 13.0. The summed E-state index contributed by atoms with van der Waals surface area (Å²) in [6, 6.07) is 4.11. The van der Waals surface area contributed by atoms with Gasteiger partial charge >= 0.3 is 0 Å². The number of rotatable bonds is 3. The summed E-state index contributed by atoms with van der Waals surface area (Å²) < 4.78 is 5.42. The van der Waals surface area contributed by atoms with Crippen LogP contribution in [-0.4, -0.2) is 90.5 Å². The molecule has 9 nitrogen and oxygen atoms in total. The molecule has 3 aliphatic rings. The quantitative estimate of drug-likeness (QED) is 0.742. The van der Waals surface area contributed by atoms with Crippen LogP contribution in [0.5, 0.6) is 0 Å². The molecule has 0 saturated carbocycles. The summed E-state index contributed by atoms with van der Waals surface area (Å²) in [7, 11) is 2.15. The average molecular weight is 412 g/mol. The zero-order valence-corrected chi connectivity index (χ0v) is 17.6. The van der Waals surface area contributed by atoms with Crippen molar-refractivity contribution in [1.82, 2.24) is 25.2 Å². The molecule has 2 aliphatic heterocycles. The van der Waals surface area contributed by atoms with Crippen LogP contribution in [0, 0.1) is 0 Å². The summed E-state index contributed by atoms with van der Waals surface area (Å²) in [5.74, 6) is 2.72. The molecular weight excluding hydrogens is 382 g/mol. The van der Waals surface area contributed by atoms with Crippen LogP contribution in [0.25, 0.3) is 0 Å². The van der Waals surface area contributed by atoms with Gasteiger partial charge in [0, 0.05) is 64.3 Å². The Morgan fingerprint density at radius 3 is 2.10 bits per heavy atom. The second-order valence-electron chi connectivity index (χ2n) is 8.46. The number of likely N-dealkylation sites (N-methyl/N-ethyl adjacent to an activating group) is 1. The van der Waals surface area contributed by atoms with Gasteiger partial charge in [-0.3, -0.25) is 4.79 Å². The van der Waals surface area contributed by atoms with Gasteiger partial charge in [-0.2, -0.15) is 0 Å². The van der Waals surface area contributed by atoms with Crippen LogP contribution in [0.2, 0.25) is 0 Å². The molecule has 0 unspecified atom stereocenters. The molecule has 2 fully saturated rings. The predicted molar refractivity (Wildman–Crippen MR) is 113 cm³/mol. The fourth-order valence-corrected chi connectivity index (χ4v) is 4.53. The van der Waals surface area contributed by atoms with Crippen LogP contribution >= 0.6 is 0 Å². The van der Waals surface area contributed by atoms with Gasteiger partial charge in [-0.1, -0.05) is 5.16 Å². The minimum atomic E-state index is -0.00181. The molecule has 4 heterocycles. The lowest BCUT2D eigenvalue weighted by Crippen LogP contribution is -2.49. The molecule has 0 N–H and O–H groups in total. The van der Waals surface area contributed by atoms with Crippen LogP contribution in [0.3, 0.4) is 0 Å². The molecule has 1 aliphatic carbocycles. The Hall–Kier alpha value is -2.68. The normalized spacial score (nSPS) is 20.4. The fourth-order valence-electron chi connectivity index (χ4n) is 4.53. The SMILES string of the molecule is CN1CCN(c2ccc(N3CCN(C(=O)c4noc5c4CCCC5)CC3)nn2)CC1. The molecule has 1 amide bonds. The van der Waals surface area contributed by atoms with Crippen molar-refractivity contribution in [1.29, 1.82) is 0 Å². The number of aryl methyl sites for hydroxylation is 1. The second-order valence-corrected chi connectivity index (χ2v) is 8.46. The monoisotopic (exact) mass is 411 g/mol. The third-order valence-corrected chi connectivity index (χ3v) is 6.51. The Labute approximate surface area is 176 Å². The number of fused-ring (bicyclic) bond motifs is 1. The van der Waals surface area contributed by atoms with Gasteiger partial charge in [0.2, 0.25) is 0 Å². The van der Waals surface area contributed by atoms with E-state index in [9.17, 15) is 4.79 Å². The Kier molecular flexibility index (Phi) is 5.28. The Morgan fingerprint density at radius 1 is 0.867 bits per heavy atom. The molecule has 0 spiro atoms. The van der Waals surface area contributed by atoms with Crippen LogP contribution in [0.15, 0.2) is 16.7 Å². The number of carbonyl (C=O) groups is 1. The first-order valence-electron chi connectivity index (χ1n) is 11.0. The molecule has 2 saturated heterocycles. The van der Waals surface area contributed by atoms with Gasteiger partial charge in [0.15, 0.2) is 17.3 Å². The van der Waals surface area contributed by atoms with Crippen LogP contribution in [-0.2, 0) is 12.8 Å². The standard InChI is InChI=1S/C21H29N7O2/c1-25-8-10-26(11-9-25)18-6-7-19(23-22-18)27-12-14-28(15-13-27)21(29)20-16-4-2-3-5-17(16)30-24-20/h6-7H,2-5,8-15H2,1H3. The van der Waals surface area contributed by atoms with E-state index in [-0.39, 0.29) is 5.91 Å². The van der Waals surface area contributed by atoms with E-state index in [0.29, 0.717) is 18.8 Å². The number of aromatic nitrogens is 3. The minimum Gasteiger partial charge on any atom is -0.360 e. The number of anilines is 2. The lowest BCUT2D eigenvalue weighted by Gasteiger charge is -2.35.